The number of carbonyl (C=O) groups is 1. The molecule has 2 aromatic rings. The van der Waals surface area contributed by atoms with Crippen LogP contribution in [0.25, 0.3) is 0 Å². The normalized spacial score (nSPS) is 11.0. The predicted octanol–water partition coefficient (Wildman–Crippen LogP) is 3.46. The summed E-state index contributed by atoms with van der Waals surface area (Å²) in [5.41, 5.74) is 2.03. The summed E-state index contributed by atoms with van der Waals surface area (Å²) in [6.07, 6.45) is 0. The molecule has 0 saturated heterocycles. The molecule has 3 nitrogen and oxygen atoms in total. The van der Waals surface area contributed by atoms with Gasteiger partial charge in [-0.05, 0) is 44.7 Å². The van der Waals surface area contributed by atoms with E-state index in [1.807, 2.05) is 44.2 Å². The molecule has 0 N–H and O–H groups in total. The van der Waals surface area contributed by atoms with Crippen LogP contribution in [-0.2, 0) is 6.54 Å². The first-order valence-corrected chi connectivity index (χ1v) is 7.64. The number of carbonyl (C=O) groups excluding carboxylic acids is 1. The maximum absolute atomic E-state index is 12.2. The van der Waals surface area contributed by atoms with E-state index in [0.717, 1.165) is 22.8 Å². The SMILES string of the molecule is CCN(CC(=O)c1ccc(C)s1)Cc1cccc(C)n1. The van der Waals surface area contributed by atoms with Crippen LogP contribution in [0.2, 0.25) is 0 Å². The van der Waals surface area contributed by atoms with Crippen LogP contribution in [0.5, 0.6) is 0 Å². The molecule has 4 heteroatoms. The first kappa shape index (κ1) is 14.9. The van der Waals surface area contributed by atoms with E-state index in [1.165, 1.54) is 4.88 Å². The van der Waals surface area contributed by atoms with Crippen molar-refractivity contribution in [1.29, 1.82) is 0 Å². The van der Waals surface area contributed by atoms with Gasteiger partial charge in [0.2, 0.25) is 0 Å². The van der Waals surface area contributed by atoms with Crippen LogP contribution in [0.3, 0.4) is 0 Å². The third-order valence-electron chi connectivity index (χ3n) is 3.16. The van der Waals surface area contributed by atoms with Gasteiger partial charge in [0.1, 0.15) is 0 Å². The Morgan fingerprint density at radius 1 is 1.25 bits per heavy atom. The number of hydrogen-bond acceptors (Lipinski definition) is 4. The van der Waals surface area contributed by atoms with E-state index >= 15 is 0 Å². The van der Waals surface area contributed by atoms with Crippen molar-refractivity contribution in [2.24, 2.45) is 0 Å². The highest BCUT2D eigenvalue weighted by Crippen LogP contribution is 2.16. The Hall–Kier alpha value is -1.52. The lowest BCUT2D eigenvalue weighted by Crippen LogP contribution is -2.29. The fourth-order valence-electron chi connectivity index (χ4n) is 2.06. The maximum atomic E-state index is 12.2. The second-order valence-corrected chi connectivity index (χ2v) is 6.19. The molecule has 0 aliphatic rings. The van der Waals surface area contributed by atoms with E-state index in [1.54, 1.807) is 11.3 Å². The lowest BCUT2D eigenvalue weighted by molar-refractivity contribution is 0.0933. The van der Waals surface area contributed by atoms with Crippen LogP contribution in [-0.4, -0.2) is 28.8 Å². The smallest absolute Gasteiger partial charge is 0.186 e. The van der Waals surface area contributed by atoms with Crippen LogP contribution in [0.4, 0.5) is 0 Å². The number of likely N-dealkylation sites (N-methyl/N-ethyl adjacent to an activating group) is 1. The van der Waals surface area contributed by atoms with Crippen LogP contribution in [0, 0.1) is 13.8 Å². The van der Waals surface area contributed by atoms with Gasteiger partial charge in [-0.25, -0.2) is 0 Å². The van der Waals surface area contributed by atoms with Crippen molar-refractivity contribution < 1.29 is 4.79 Å². The van der Waals surface area contributed by atoms with E-state index < -0.39 is 0 Å². The highest BCUT2D eigenvalue weighted by molar-refractivity contribution is 7.14. The van der Waals surface area contributed by atoms with Crippen molar-refractivity contribution in [3.05, 3.63) is 51.5 Å². The molecule has 0 aliphatic heterocycles. The van der Waals surface area contributed by atoms with E-state index in [2.05, 4.69) is 16.8 Å². The van der Waals surface area contributed by atoms with Gasteiger partial charge >= 0.3 is 0 Å². The molecule has 20 heavy (non-hydrogen) atoms. The molecular weight excluding hydrogens is 268 g/mol. The summed E-state index contributed by atoms with van der Waals surface area (Å²) in [5.74, 6) is 0.192. The molecule has 0 atom stereocenters. The monoisotopic (exact) mass is 288 g/mol. The summed E-state index contributed by atoms with van der Waals surface area (Å²) >= 11 is 1.57. The number of aryl methyl sites for hydroxylation is 2. The second-order valence-electron chi connectivity index (χ2n) is 4.91. The summed E-state index contributed by atoms with van der Waals surface area (Å²) in [6, 6.07) is 9.92. The molecule has 0 saturated carbocycles. The number of aromatic nitrogens is 1. The predicted molar refractivity (Wildman–Crippen MR) is 83.3 cm³/mol. The van der Waals surface area contributed by atoms with Gasteiger partial charge in [0.25, 0.3) is 0 Å². The van der Waals surface area contributed by atoms with Crippen molar-refractivity contribution in [3.63, 3.8) is 0 Å². The average molecular weight is 288 g/mol. The van der Waals surface area contributed by atoms with Crippen molar-refractivity contribution in [2.75, 3.05) is 13.1 Å². The zero-order chi connectivity index (χ0) is 14.5. The molecule has 0 spiro atoms. The van der Waals surface area contributed by atoms with Crippen molar-refractivity contribution >= 4 is 17.1 Å². The number of thiophene rings is 1. The lowest BCUT2D eigenvalue weighted by Gasteiger charge is -2.18. The minimum atomic E-state index is 0.192. The van der Waals surface area contributed by atoms with Gasteiger partial charge in [-0.2, -0.15) is 0 Å². The zero-order valence-electron chi connectivity index (χ0n) is 12.2. The number of Topliss-reactive ketones (excluding diaryl/α,β-unsaturated/α-hetero) is 1. The van der Waals surface area contributed by atoms with Gasteiger partial charge in [0.15, 0.2) is 5.78 Å². The van der Waals surface area contributed by atoms with E-state index in [-0.39, 0.29) is 5.78 Å². The molecule has 106 valence electrons. The number of pyridine rings is 1. The molecule has 0 aromatic carbocycles. The quantitative estimate of drug-likeness (QED) is 0.763. The third kappa shape index (κ3) is 3.99. The fourth-order valence-corrected chi connectivity index (χ4v) is 2.86. The zero-order valence-corrected chi connectivity index (χ0v) is 13.0. The van der Waals surface area contributed by atoms with Gasteiger partial charge < -0.3 is 0 Å². The number of rotatable bonds is 6. The lowest BCUT2D eigenvalue weighted by atomic mass is 10.2. The summed E-state index contributed by atoms with van der Waals surface area (Å²) in [4.78, 5) is 20.9. The number of ketones is 1. The summed E-state index contributed by atoms with van der Waals surface area (Å²) in [5, 5.41) is 0. The Labute approximate surface area is 124 Å². The van der Waals surface area contributed by atoms with Gasteiger partial charge in [-0.15, -0.1) is 11.3 Å². The Morgan fingerprint density at radius 3 is 2.65 bits per heavy atom. The Bertz CT molecular complexity index is 592. The van der Waals surface area contributed by atoms with Crippen LogP contribution < -0.4 is 0 Å². The molecule has 0 radical (unpaired) electrons. The van der Waals surface area contributed by atoms with E-state index in [4.69, 9.17) is 0 Å². The highest BCUT2D eigenvalue weighted by Gasteiger charge is 2.13. The Balaban J connectivity index is 2.00. The van der Waals surface area contributed by atoms with Crippen molar-refractivity contribution in [1.82, 2.24) is 9.88 Å². The van der Waals surface area contributed by atoms with E-state index in [9.17, 15) is 4.79 Å². The molecule has 0 amide bonds. The Kier molecular flexibility index (Phi) is 5.04. The molecule has 0 aliphatic carbocycles. The molecule has 2 heterocycles. The van der Waals surface area contributed by atoms with Gasteiger partial charge in [-0.3, -0.25) is 14.7 Å². The molecule has 0 fully saturated rings. The first-order chi connectivity index (χ1) is 9.58. The molecule has 2 aromatic heterocycles. The second kappa shape index (κ2) is 6.77. The molecule has 0 unspecified atom stereocenters. The molecular formula is C16H20N2OS. The van der Waals surface area contributed by atoms with Crippen molar-refractivity contribution in [2.45, 2.75) is 27.3 Å². The van der Waals surface area contributed by atoms with E-state index in [0.29, 0.717) is 13.1 Å². The van der Waals surface area contributed by atoms with Gasteiger partial charge in [0.05, 0.1) is 17.1 Å². The van der Waals surface area contributed by atoms with Gasteiger partial charge in [-0.1, -0.05) is 13.0 Å². The molecule has 2 rings (SSSR count). The largest absolute Gasteiger partial charge is 0.292 e. The fraction of sp³-hybridized carbons (Fsp3) is 0.375. The number of nitrogens with zero attached hydrogens (tertiary/aromatic N) is 2. The van der Waals surface area contributed by atoms with Crippen LogP contribution >= 0.6 is 11.3 Å². The first-order valence-electron chi connectivity index (χ1n) is 6.83. The minimum absolute atomic E-state index is 0.192. The highest BCUT2D eigenvalue weighted by atomic mass is 32.1. The standard InChI is InChI=1S/C16H20N2OS/c1-4-18(10-14-7-5-6-12(2)17-14)11-15(19)16-9-8-13(3)20-16/h5-9H,4,10-11H2,1-3H3. The minimum Gasteiger partial charge on any atom is -0.292 e. The summed E-state index contributed by atoms with van der Waals surface area (Å²) < 4.78 is 0. The average Bonchev–Trinajstić information content (AvgIpc) is 2.85. The summed E-state index contributed by atoms with van der Waals surface area (Å²) in [7, 11) is 0. The Morgan fingerprint density at radius 2 is 2.05 bits per heavy atom. The number of hydrogen-bond donors (Lipinski definition) is 0. The van der Waals surface area contributed by atoms with Crippen LogP contribution in [0.15, 0.2) is 30.3 Å². The third-order valence-corrected chi connectivity index (χ3v) is 4.20. The molecule has 0 bridgehead atoms. The van der Waals surface area contributed by atoms with Gasteiger partial charge in [0, 0.05) is 17.1 Å². The maximum Gasteiger partial charge on any atom is 0.186 e. The summed E-state index contributed by atoms with van der Waals surface area (Å²) in [6.45, 7) is 8.09. The topological polar surface area (TPSA) is 33.2 Å². The van der Waals surface area contributed by atoms with Crippen molar-refractivity contribution in [3.8, 4) is 0 Å². The van der Waals surface area contributed by atoms with Crippen LogP contribution in [0.1, 0.15) is 32.9 Å².